The number of rotatable bonds is 10. The number of cyclic esters (lactones) is 1. The van der Waals surface area contributed by atoms with E-state index in [2.05, 4.69) is 21.7 Å². The van der Waals surface area contributed by atoms with E-state index in [0.717, 1.165) is 75.6 Å². The highest BCUT2D eigenvalue weighted by molar-refractivity contribution is 7.80. The van der Waals surface area contributed by atoms with E-state index in [9.17, 15) is 9.59 Å². The van der Waals surface area contributed by atoms with Crippen molar-refractivity contribution in [1.29, 1.82) is 0 Å². The number of anilines is 1. The number of piperazine rings is 1. The van der Waals surface area contributed by atoms with E-state index in [1.807, 2.05) is 30.9 Å². The summed E-state index contributed by atoms with van der Waals surface area (Å²) in [4.78, 5) is 33.5. The Kier molecular flexibility index (Phi) is 8.82. The van der Waals surface area contributed by atoms with Crippen molar-refractivity contribution in [1.82, 2.24) is 20.0 Å². The zero-order valence-corrected chi connectivity index (χ0v) is 23.5. The van der Waals surface area contributed by atoms with Gasteiger partial charge in [0.15, 0.2) is 10.2 Å². The fourth-order valence-electron chi connectivity index (χ4n) is 5.10. The molecule has 0 unspecified atom stereocenters. The van der Waals surface area contributed by atoms with Gasteiger partial charge < -0.3 is 19.9 Å². The molecule has 1 aromatic rings. The number of fused-ring (bicyclic) bond motifs is 1. The summed E-state index contributed by atoms with van der Waals surface area (Å²) in [5.41, 5.74) is 1.34. The maximum Gasteiger partial charge on any atom is 0.338 e. The van der Waals surface area contributed by atoms with Gasteiger partial charge in [0.05, 0.1) is 11.3 Å². The van der Waals surface area contributed by atoms with Gasteiger partial charge in [-0.1, -0.05) is 18.9 Å². The van der Waals surface area contributed by atoms with Gasteiger partial charge in [-0.2, -0.15) is 0 Å². The third kappa shape index (κ3) is 5.97. The second kappa shape index (κ2) is 11.9. The molecule has 2 saturated heterocycles. The number of carbonyl (C=O) groups excluding carboxylic acids is 2. The number of hydrogen-bond acceptors (Lipinski definition) is 6. The van der Waals surface area contributed by atoms with Gasteiger partial charge in [0.25, 0.3) is 5.91 Å². The molecule has 0 atom stereocenters. The summed E-state index contributed by atoms with van der Waals surface area (Å²) < 4.78 is 5.11. The van der Waals surface area contributed by atoms with E-state index in [4.69, 9.17) is 29.2 Å². The molecule has 0 aliphatic carbocycles. The first kappa shape index (κ1) is 27.5. The second-order valence-corrected chi connectivity index (χ2v) is 11.0. The summed E-state index contributed by atoms with van der Waals surface area (Å²) in [7, 11) is 0. The molecule has 8 nitrogen and oxygen atoms in total. The van der Waals surface area contributed by atoms with Crippen LogP contribution in [-0.2, 0) is 16.1 Å². The number of esters is 1. The average molecular weight is 544 g/mol. The smallest absolute Gasteiger partial charge is 0.338 e. The van der Waals surface area contributed by atoms with Crippen molar-refractivity contribution in [3.63, 3.8) is 0 Å². The van der Waals surface area contributed by atoms with E-state index in [1.54, 1.807) is 17.0 Å². The highest BCUT2D eigenvalue weighted by Crippen LogP contribution is 2.34. The summed E-state index contributed by atoms with van der Waals surface area (Å²) in [6.07, 6.45) is 6.21. The first-order chi connectivity index (χ1) is 17.7. The molecule has 1 aromatic carbocycles. The van der Waals surface area contributed by atoms with E-state index < -0.39 is 5.54 Å². The number of nitrogens with zero attached hydrogens (tertiary/aromatic N) is 4. The van der Waals surface area contributed by atoms with Gasteiger partial charge in [-0.25, -0.2) is 4.79 Å². The van der Waals surface area contributed by atoms with E-state index in [-0.39, 0.29) is 18.5 Å². The molecule has 0 aromatic heterocycles. The molecule has 0 radical (unpaired) electrons. The van der Waals surface area contributed by atoms with Gasteiger partial charge in [0.1, 0.15) is 12.1 Å². The van der Waals surface area contributed by atoms with Crippen molar-refractivity contribution in [3.8, 4) is 0 Å². The zero-order valence-electron chi connectivity index (χ0n) is 21.8. The lowest BCUT2D eigenvalue weighted by molar-refractivity contribution is -0.123. The minimum Gasteiger partial charge on any atom is -0.457 e. The number of nitrogens with one attached hydrogen (secondary N) is 1. The van der Waals surface area contributed by atoms with Crippen molar-refractivity contribution in [2.24, 2.45) is 0 Å². The lowest BCUT2D eigenvalue weighted by Crippen LogP contribution is -2.51. The SMILES string of the molecule is C=CCNC(=S)N1CCN(CCCCCCN2C(=S)N(c3ccc4c(c3)COC4=O)C(=O)C2(C)C)CC1. The molecule has 2 fully saturated rings. The predicted molar refractivity (Wildman–Crippen MR) is 154 cm³/mol. The topological polar surface area (TPSA) is 68.4 Å². The van der Waals surface area contributed by atoms with Crippen LogP contribution in [-0.4, -0.2) is 88.2 Å². The summed E-state index contributed by atoms with van der Waals surface area (Å²) in [5.74, 6) is -0.359. The number of hydrogen-bond donors (Lipinski definition) is 1. The zero-order chi connectivity index (χ0) is 26.6. The fraction of sp³-hybridized carbons (Fsp3) is 0.556. The number of benzene rings is 1. The lowest BCUT2D eigenvalue weighted by atomic mass is 10.0. The molecule has 4 rings (SSSR count). The molecular formula is C27H37N5O3S2. The minimum atomic E-state index is -0.705. The van der Waals surface area contributed by atoms with Gasteiger partial charge in [0.2, 0.25) is 0 Å². The van der Waals surface area contributed by atoms with Crippen LogP contribution in [0.15, 0.2) is 30.9 Å². The molecule has 200 valence electrons. The maximum atomic E-state index is 13.3. The highest BCUT2D eigenvalue weighted by atomic mass is 32.1. The Balaban J connectivity index is 1.20. The lowest BCUT2D eigenvalue weighted by Gasteiger charge is -2.36. The van der Waals surface area contributed by atoms with Gasteiger partial charge >= 0.3 is 5.97 Å². The van der Waals surface area contributed by atoms with Gasteiger partial charge in [-0.3, -0.25) is 14.6 Å². The van der Waals surface area contributed by atoms with Crippen LogP contribution in [0.4, 0.5) is 5.69 Å². The highest BCUT2D eigenvalue weighted by Gasteiger charge is 2.49. The van der Waals surface area contributed by atoms with Crippen LogP contribution >= 0.6 is 24.4 Å². The number of carbonyl (C=O) groups is 2. The molecule has 0 saturated carbocycles. The van der Waals surface area contributed by atoms with Crippen molar-refractivity contribution >= 4 is 52.2 Å². The Morgan fingerprint density at radius 1 is 1.11 bits per heavy atom. The fourth-order valence-corrected chi connectivity index (χ4v) is 5.88. The van der Waals surface area contributed by atoms with Crippen LogP contribution in [0.3, 0.4) is 0 Å². The first-order valence-electron chi connectivity index (χ1n) is 13.1. The van der Waals surface area contributed by atoms with Gasteiger partial charge in [-0.15, -0.1) is 6.58 Å². The summed E-state index contributed by atoms with van der Waals surface area (Å²) >= 11 is 11.2. The number of amides is 1. The molecule has 0 spiro atoms. The van der Waals surface area contributed by atoms with Crippen LogP contribution < -0.4 is 10.2 Å². The van der Waals surface area contributed by atoms with Gasteiger partial charge in [-0.05, 0) is 75.9 Å². The number of ether oxygens (including phenoxy) is 1. The average Bonchev–Trinajstić information content (AvgIpc) is 3.33. The summed E-state index contributed by atoms with van der Waals surface area (Å²) in [6, 6.07) is 5.34. The summed E-state index contributed by atoms with van der Waals surface area (Å²) in [5, 5.41) is 4.55. The van der Waals surface area contributed by atoms with E-state index in [0.29, 0.717) is 22.9 Å². The van der Waals surface area contributed by atoms with Crippen LogP contribution in [0, 0.1) is 0 Å². The van der Waals surface area contributed by atoms with Crippen LogP contribution in [0.5, 0.6) is 0 Å². The minimum absolute atomic E-state index is 0.0407. The van der Waals surface area contributed by atoms with Crippen molar-refractivity contribution < 1.29 is 14.3 Å². The quantitative estimate of drug-likeness (QED) is 0.207. The number of thiocarbonyl (C=S) groups is 2. The third-order valence-electron chi connectivity index (χ3n) is 7.41. The van der Waals surface area contributed by atoms with Gasteiger partial charge in [0, 0.05) is 44.8 Å². The Hall–Kier alpha value is -2.56. The Morgan fingerprint density at radius 3 is 2.51 bits per heavy atom. The van der Waals surface area contributed by atoms with E-state index in [1.165, 1.54) is 0 Å². The molecule has 3 aliphatic rings. The first-order valence-corrected chi connectivity index (χ1v) is 13.9. The molecule has 1 amide bonds. The number of unbranched alkanes of at least 4 members (excludes halogenated alkanes) is 3. The molecule has 3 aliphatic heterocycles. The van der Waals surface area contributed by atoms with E-state index >= 15 is 0 Å². The monoisotopic (exact) mass is 543 g/mol. The molecule has 37 heavy (non-hydrogen) atoms. The van der Waals surface area contributed by atoms with Crippen LogP contribution in [0.1, 0.15) is 55.5 Å². The molecule has 10 heteroatoms. The standard InChI is InChI=1S/C27H37N5O3S2/c1-4-11-28-25(36)30-16-14-29(15-17-30)12-7-5-6-8-13-31-26(37)32(24(34)27(31,2)3)21-9-10-22-20(18-21)19-35-23(22)33/h4,9-10,18H,1,5-8,11-17,19H2,2-3H3,(H,28,36). The third-order valence-corrected chi connectivity index (χ3v) is 8.22. The molecule has 3 heterocycles. The summed E-state index contributed by atoms with van der Waals surface area (Å²) in [6.45, 7) is 14.4. The predicted octanol–water partition coefficient (Wildman–Crippen LogP) is 3.31. The molecule has 1 N–H and O–H groups in total. The molecular weight excluding hydrogens is 506 g/mol. The Morgan fingerprint density at radius 2 is 1.81 bits per heavy atom. The van der Waals surface area contributed by atoms with Crippen molar-refractivity contribution in [3.05, 3.63) is 42.0 Å². The van der Waals surface area contributed by atoms with Crippen molar-refractivity contribution in [2.75, 3.05) is 50.7 Å². The van der Waals surface area contributed by atoms with Crippen LogP contribution in [0.2, 0.25) is 0 Å². The molecule has 0 bridgehead atoms. The Bertz CT molecular complexity index is 1070. The largest absolute Gasteiger partial charge is 0.457 e. The maximum absolute atomic E-state index is 13.3. The van der Waals surface area contributed by atoms with Crippen molar-refractivity contribution in [2.45, 2.75) is 51.7 Å². The van der Waals surface area contributed by atoms with Crippen LogP contribution in [0.25, 0.3) is 0 Å². The Labute approximate surface area is 230 Å². The second-order valence-electron chi connectivity index (χ2n) is 10.3. The normalized spacial score (nSPS) is 19.3.